The van der Waals surface area contributed by atoms with E-state index >= 15 is 0 Å². The third-order valence-electron chi connectivity index (χ3n) is 5.22. The second-order valence-electron chi connectivity index (χ2n) is 7.21. The van der Waals surface area contributed by atoms with Gasteiger partial charge in [-0.25, -0.2) is 4.79 Å². The highest BCUT2D eigenvalue weighted by molar-refractivity contribution is 5.85. The number of nitrogens with zero attached hydrogens (tertiary/aromatic N) is 1. The van der Waals surface area contributed by atoms with Crippen LogP contribution in [0.5, 0.6) is 17.2 Å². The molecule has 29 heavy (non-hydrogen) atoms. The van der Waals surface area contributed by atoms with Crippen LogP contribution in [-0.4, -0.2) is 25.9 Å². The normalized spacial score (nSPS) is 13.8. The fourth-order valence-corrected chi connectivity index (χ4v) is 3.86. The largest absolute Gasteiger partial charge is 0.493 e. The first-order valence-electron chi connectivity index (χ1n) is 9.77. The second kappa shape index (κ2) is 8.17. The molecule has 1 aliphatic rings. The Bertz CT molecular complexity index is 1090. The van der Waals surface area contributed by atoms with Crippen molar-refractivity contribution < 1.29 is 18.6 Å². The minimum absolute atomic E-state index is 0.314. The summed E-state index contributed by atoms with van der Waals surface area (Å²) in [5, 5.41) is 0.988. The van der Waals surface area contributed by atoms with Crippen molar-refractivity contribution >= 4 is 11.0 Å². The first kappa shape index (κ1) is 19.3. The number of fused-ring (bicyclic) bond motifs is 3. The molecule has 0 unspecified atom stereocenters. The first-order valence-corrected chi connectivity index (χ1v) is 9.77. The van der Waals surface area contributed by atoms with Gasteiger partial charge in [-0.15, -0.1) is 0 Å². The van der Waals surface area contributed by atoms with Crippen molar-refractivity contribution in [2.24, 2.45) is 0 Å². The maximum Gasteiger partial charge on any atom is 0.336 e. The Balaban J connectivity index is 1.65. The molecule has 6 heteroatoms. The Hall–Kier alpha value is -2.99. The van der Waals surface area contributed by atoms with Crippen LogP contribution in [0.2, 0.25) is 0 Å². The average molecular weight is 395 g/mol. The van der Waals surface area contributed by atoms with Crippen LogP contribution in [0.1, 0.15) is 30.0 Å². The molecule has 0 amide bonds. The maximum atomic E-state index is 12.1. The molecule has 0 N–H and O–H groups in total. The van der Waals surface area contributed by atoms with Crippen molar-refractivity contribution in [3.05, 3.63) is 63.5 Å². The lowest BCUT2D eigenvalue weighted by Crippen LogP contribution is -2.31. The standard InChI is InChI=1S/C23H25NO5/c1-4-5-16-11-22(25)29-23-17(16)7-9-19-18(23)13-24(14-28-19)12-15-6-8-20(26-2)21(10-15)27-3/h6-11H,4-5,12-14H2,1-3H3. The minimum Gasteiger partial charge on any atom is -0.493 e. The van der Waals surface area contributed by atoms with Gasteiger partial charge < -0.3 is 18.6 Å². The van der Waals surface area contributed by atoms with E-state index in [4.69, 9.17) is 18.6 Å². The molecule has 0 saturated carbocycles. The van der Waals surface area contributed by atoms with Gasteiger partial charge in [0.05, 0.1) is 19.8 Å². The number of benzene rings is 2. The lowest BCUT2D eigenvalue weighted by molar-refractivity contribution is 0.0889. The summed E-state index contributed by atoms with van der Waals surface area (Å²) in [5.74, 6) is 2.18. The van der Waals surface area contributed by atoms with Gasteiger partial charge >= 0.3 is 5.63 Å². The lowest BCUT2D eigenvalue weighted by atomic mass is 10.0. The Morgan fingerprint density at radius 1 is 1.07 bits per heavy atom. The van der Waals surface area contributed by atoms with E-state index in [2.05, 4.69) is 11.8 Å². The molecular weight excluding hydrogens is 370 g/mol. The molecule has 0 atom stereocenters. The van der Waals surface area contributed by atoms with Crippen LogP contribution in [0.15, 0.2) is 45.6 Å². The second-order valence-corrected chi connectivity index (χ2v) is 7.21. The fourth-order valence-electron chi connectivity index (χ4n) is 3.86. The molecule has 0 spiro atoms. The SMILES string of the molecule is CCCc1cc(=O)oc2c3c(ccc12)OCN(Cc1ccc(OC)c(OC)c1)C3. The van der Waals surface area contributed by atoms with E-state index in [-0.39, 0.29) is 5.63 Å². The molecule has 0 aliphatic carbocycles. The van der Waals surface area contributed by atoms with Crippen LogP contribution in [-0.2, 0) is 19.5 Å². The number of ether oxygens (including phenoxy) is 3. The summed E-state index contributed by atoms with van der Waals surface area (Å²) < 4.78 is 22.3. The number of rotatable bonds is 6. The van der Waals surface area contributed by atoms with E-state index in [0.717, 1.165) is 40.7 Å². The molecule has 4 rings (SSSR count). The summed E-state index contributed by atoms with van der Waals surface area (Å²) in [4.78, 5) is 14.3. The Labute approximate surface area is 169 Å². The van der Waals surface area contributed by atoms with Crippen molar-refractivity contribution in [2.45, 2.75) is 32.9 Å². The molecule has 0 fully saturated rings. The monoisotopic (exact) mass is 395 g/mol. The van der Waals surface area contributed by atoms with Crippen molar-refractivity contribution in [2.75, 3.05) is 21.0 Å². The predicted molar refractivity (Wildman–Crippen MR) is 111 cm³/mol. The van der Waals surface area contributed by atoms with Gasteiger partial charge in [0.1, 0.15) is 18.1 Å². The Kier molecular flexibility index (Phi) is 5.45. The number of hydrogen-bond acceptors (Lipinski definition) is 6. The van der Waals surface area contributed by atoms with Gasteiger partial charge in [0, 0.05) is 24.5 Å². The molecular formula is C23H25NO5. The van der Waals surface area contributed by atoms with Crippen LogP contribution in [0, 0.1) is 0 Å². The van der Waals surface area contributed by atoms with E-state index in [9.17, 15) is 4.79 Å². The summed E-state index contributed by atoms with van der Waals surface area (Å²) in [7, 11) is 3.25. The molecule has 6 nitrogen and oxygen atoms in total. The van der Waals surface area contributed by atoms with Crippen molar-refractivity contribution in [1.29, 1.82) is 0 Å². The molecule has 1 aliphatic heterocycles. The Morgan fingerprint density at radius 2 is 1.90 bits per heavy atom. The maximum absolute atomic E-state index is 12.1. The van der Waals surface area contributed by atoms with Crippen LogP contribution < -0.4 is 19.8 Å². The van der Waals surface area contributed by atoms with Gasteiger partial charge in [-0.1, -0.05) is 19.4 Å². The molecule has 0 bridgehead atoms. The van der Waals surface area contributed by atoms with Gasteiger partial charge in [0.2, 0.25) is 0 Å². The summed E-state index contributed by atoms with van der Waals surface area (Å²) in [6.07, 6.45) is 1.81. The van der Waals surface area contributed by atoms with Crippen molar-refractivity contribution in [1.82, 2.24) is 4.90 Å². The number of aryl methyl sites for hydroxylation is 1. The minimum atomic E-state index is -0.314. The third-order valence-corrected chi connectivity index (χ3v) is 5.22. The van der Waals surface area contributed by atoms with Crippen LogP contribution in [0.25, 0.3) is 11.0 Å². The first-order chi connectivity index (χ1) is 14.1. The van der Waals surface area contributed by atoms with Gasteiger partial charge in [0.25, 0.3) is 0 Å². The molecule has 0 saturated heterocycles. The molecule has 0 radical (unpaired) electrons. The van der Waals surface area contributed by atoms with Crippen LogP contribution in [0.4, 0.5) is 0 Å². The Morgan fingerprint density at radius 3 is 2.66 bits per heavy atom. The highest BCUT2D eigenvalue weighted by atomic mass is 16.5. The molecule has 1 aromatic heterocycles. The van der Waals surface area contributed by atoms with E-state index in [1.807, 2.05) is 30.3 Å². The van der Waals surface area contributed by atoms with Crippen molar-refractivity contribution in [3.63, 3.8) is 0 Å². The van der Waals surface area contributed by atoms with Gasteiger partial charge in [-0.3, -0.25) is 4.90 Å². The van der Waals surface area contributed by atoms with E-state index in [1.54, 1.807) is 20.3 Å². The zero-order chi connectivity index (χ0) is 20.4. The van der Waals surface area contributed by atoms with E-state index in [0.29, 0.717) is 36.9 Å². The summed E-state index contributed by atoms with van der Waals surface area (Å²) in [5.41, 5.74) is 3.35. The van der Waals surface area contributed by atoms with Crippen molar-refractivity contribution in [3.8, 4) is 17.2 Å². The lowest BCUT2D eigenvalue weighted by Gasteiger charge is -2.29. The highest BCUT2D eigenvalue weighted by Crippen LogP contribution is 2.34. The van der Waals surface area contributed by atoms with E-state index in [1.165, 1.54) is 0 Å². The van der Waals surface area contributed by atoms with E-state index < -0.39 is 0 Å². The summed E-state index contributed by atoms with van der Waals surface area (Å²) in [6.45, 7) is 3.88. The smallest absolute Gasteiger partial charge is 0.336 e. The topological polar surface area (TPSA) is 61.1 Å². The average Bonchev–Trinajstić information content (AvgIpc) is 2.73. The zero-order valence-corrected chi connectivity index (χ0v) is 17.0. The summed E-state index contributed by atoms with van der Waals surface area (Å²) in [6, 6.07) is 11.5. The van der Waals surface area contributed by atoms with Crippen LogP contribution >= 0.6 is 0 Å². The predicted octanol–water partition coefficient (Wildman–Crippen LogP) is 4.11. The quantitative estimate of drug-likeness (QED) is 0.585. The van der Waals surface area contributed by atoms with Gasteiger partial charge in [0.15, 0.2) is 11.5 Å². The molecule has 2 aromatic carbocycles. The molecule has 2 heterocycles. The fraction of sp³-hybridized carbons (Fsp3) is 0.348. The number of hydrogen-bond donors (Lipinski definition) is 0. The van der Waals surface area contributed by atoms with Crippen LogP contribution in [0.3, 0.4) is 0 Å². The zero-order valence-electron chi connectivity index (χ0n) is 17.0. The summed E-state index contributed by atoms with van der Waals surface area (Å²) >= 11 is 0. The molecule has 152 valence electrons. The third kappa shape index (κ3) is 3.80. The number of methoxy groups -OCH3 is 2. The van der Waals surface area contributed by atoms with Gasteiger partial charge in [-0.2, -0.15) is 0 Å². The van der Waals surface area contributed by atoms with Gasteiger partial charge in [-0.05, 0) is 41.8 Å². The molecule has 3 aromatic rings. The highest BCUT2D eigenvalue weighted by Gasteiger charge is 2.23.